The Balaban J connectivity index is 2.12. The normalized spacial score (nSPS) is 12.6. The monoisotopic (exact) mass is 263 g/mol. The summed E-state index contributed by atoms with van der Waals surface area (Å²) in [7, 11) is 3.74. The largest absolute Gasteiger partial charge is 0.481 e. The van der Waals surface area contributed by atoms with Crippen molar-refractivity contribution in [3.05, 3.63) is 24.5 Å². The number of fused-ring (bicyclic) bond motifs is 1. The lowest BCUT2D eigenvalue weighted by atomic mass is 10.2. The summed E-state index contributed by atoms with van der Waals surface area (Å²) in [5.74, 6) is -0.999. The summed E-state index contributed by atoms with van der Waals surface area (Å²) in [6.07, 6.45) is 0.603. The fourth-order valence-electron chi connectivity index (χ4n) is 2.05. The van der Waals surface area contributed by atoms with Crippen molar-refractivity contribution >= 4 is 22.7 Å². The number of anilines is 1. The SMILES string of the molecule is CN(CC(O)CC(=O)O)c1ccc2c(c1)ncn2C. The number of hydrogen-bond acceptors (Lipinski definition) is 4. The number of hydrogen-bond donors (Lipinski definition) is 2. The molecule has 0 aliphatic heterocycles. The Bertz CT molecular complexity index is 594. The second-order valence-electron chi connectivity index (χ2n) is 4.66. The maximum atomic E-state index is 10.5. The first kappa shape index (κ1) is 13.4. The van der Waals surface area contributed by atoms with Crippen LogP contribution in [-0.4, -0.2) is 45.4 Å². The standard InChI is InChI=1S/C13H17N3O3/c1-15(7-10(17)6-13(18)19)9-3-4-12-11(5-9)14-8-16(12)2/h3-5,8,10,17H,6-7H2,1-2H3,(H,18,19). The van der Waals surface area contributed by atoms with Gasteiger partial charge in [-0.25, -0.2) is 4.98 Å². The summed E-state index contributed by atoms with van der Waals surface area (Å²) in [5, 5.41) is 18.2. The van der Waals surface area contributed by atoms with Gasteiger partial charge in [0.25, 0.3) is 0 Å². The molecular weight excluding hydrogens is 246 g/mol. The summed E-state index contributed by atoms with van der Waals surface area (Å²) < 4.78 is 1.93. The van der Waals surface area contributed by atoms with E-state index in [1.807, 2.05) is 41.8 Å². The van der Waals surface area contributed by atoms with Crippen LogP contribution < -0.4 is 4.90 Å². The van der Waals surface area contributed by atoms with E-state index in [-0.39, 0.29) is 13.0 Å². The zero-order valence-electron chi connectivity index (χ0n) is 10.9. The van der Waals surface area contributed by atoms with Crippen molar-refractivity contribution in [3.8, 4) is 0 Å². The molecule has 19 heavy (non-hydrogen) atoms. The van der Waals surface area contributed by atoms with Crippen LogP contribution in [-0.2, 0) is 11.8 Å². The molecule has 0 amide bonds. The molecule has 0 spiro atoms. The van der Waals surface area contributed by atoms with Gasteiger partial charge in [-0.2, -0.15) is 0 Å². The summed E-state index contributed by atoms with van der Waals surface area (Å²) in [6.45, 7) is 0.268. The van der Waals surface area contributed by atoms with Gasteiger partial charge in [-0.15, -0.1) is 0 Å². The number of carboxylic acids is 1. The van der Waals surface area contributed by atoms with Crippen LogP contribution in [0.25, 0.3) is 11.0 Å². The zero-order valence-corrected chi connectivity index (χ0v) is 10.9. The molecule has 0 bridgehead atoms. The number of aliphatic hydroxyl groups is 1. The predicted octanol–water partition coefficient (Wildman–Crippen LogP) is 0.845. The fourth-order valence-corrected chi connectivity index (χ4v) is 2.05. The van der Waals surface area contributed by atoms with Gasteiger partial charge < -0.3 is 19.7 Å². The van der Waals surface area contributed by atoms with E-state index < -0.39 is 12.1 Å². The van der Waals surface area contributed by atoms with Crippen LogP contribution in [0.15, 0.2) is 24.5 Å². The van der Waals surface area contributed by atoms with Crippen molar-refractivity contribution in [2.45, 2.75) is 12.5 Å². The Morgan fingerprint density at radius 3 is 2.95 bits per heavy atom. The third kappa shape index (κ3) is 3.03. The summed E-state index contributed by atoms with van der Waals surface area (Å²) in [4.78, 5) is 16.6. The minimum atomic E-state index is -0.999. The molecule has 1 aromatic carbocycles. The lowest BCUT2D eigenvalue weighted by molar-refractivity contribution is -0.139. The summed E-state index contributed by atoms with van der Waals surface area (Å²) >= 11 is 0. The molecule has 0 saturated carbocycles. The van der Waals surface area contributed by atoms with Crippen molar-refractivity contribution < 1.29 is 15.0 Å². The molecule has 1 aromatic heterocycles. The van der Waals surface area contributed by atoms with Gasteiger partial charge in [-0.05, 0) is 18.2 Å². The Labute approximate surface area is 110 Å². The van der Waals surface area contributed by atoms with Crippen molar-refractivity contribution in [2.75, 3.05) is 18.5 Å². The number of nitrogens with zero attached hydrogens (tertiary/aromatic N) is 3. The Morgan fingerprint density at radius 2 is 2.26 bits per heavy atom. The molecular formula is C13H17N3O3. The molecule has 2 rings (SSSR count). The molecule has 2 N–H and O–H groups in total. The molecule has 6 heteroatoms. The fraction of sp³-hybridized carbons (Fsp3) is 0.385. The molecule has 1 heterocycles. The summed E-state index contributed by atoms with van der Waals surface area (Å²) in [5.41, 5.74) is 2.80. The Morgan fingerprint density at radius 1 is 1.53 bits per heavy atom. The number of benzene rings is 1. The van der Waals surface area contributed by atoms with Crippen LogP contribution in [0.4, 0.5) is 5.69 Å². The van der Waals surface area contributed by atoms with E-state index in [1.54, 1.807) is 6.33 Å². The highest BCUT2D eigenvalue weighted by Gasteiger charge is 2.13. The first-order valence-electron chi connectivity index (χ1n) is 5.99. The second kappa shape index (κ2) is 5.27. The molecule has 0 aliphatic carbocycles. The minimum Gasteiger partial charge on any atom is -0.481 e. The number of aromatic nitrogens is 2. The van der Waals surface area contributed by atoms with E-state index in [9.17, 15) is 9.90 Å². The number of aryl methyl sites for hydroxylation is 1. The number of likely N-dealkylation sites (N-methyl/N-ethyl adjacent to an activating group) is 1. The van der Waals surface area contributed by atoms with Crippen LogP contribution in [0.3, 0.4) is 0 Å². The molecule has 1 atom stereocenters. The van der Waals surface area contributed by atoms with E-state index >= 15 is 0 Å². The molecule has 2 aromatic rings. The van der Waals surface area contributed by atoms with E-state index in [0.717, 1.165) is 16.7 Å². The summed E-state index contributed by atoms with van der Waals surface area (Å²) in [6, 6.07) is 5.80. The van der Waals surface area contributed by atoms with Crippen molar-refractivity contribution in [1.82, 2.24) is 9.55 Å². The van der Waals surface area contributed by atoms with Crippen molar-refractivity contribution in [2.24, 2.45) is 7.05 Å². The molecule has 0 saturated heterocycles. The van der Waals surface area contributed by atoms with Crippen LogP contribution in [0.5, 0.6) is 0 Å². The molecule has 0 radical (unpaired) electrons. The third-order valence-corrected chi connectivity index (χ3v) is 3.04. The van der Waals surface area contributed by atoms with Gasteiger partial charge in [0.05, 0.1) is 29.9 Å². The number of imidazole rings is 1. The number of aliphatic carboxylic acids is 1. The maximum Gasteiger partial charge on any atom is 0.306 e. The highest BCUT2D eigenvalue weighted by Crippen LogP contribution is 2.20. The van der Waals surface area contributed by atoms with Gasteiger partial charge in [-0.1, -0.05) is 0 Å². The minimum absolute atomic E-state index is 0.254. The van der Waals surface area contributed by atoms with E-state index in [4.69, 9.17) is 5.11 Å². The Hall–Kier alpha value is -2.08. The number of carboxylic acid groups (broad SMARTS) is 1. The molecule has 102 valence electrons. The highest BCUT2D eigenvalue weighted by molar-refractivity contribution is 5.79. The maximum absolute atomic E-state index is 10.5. The number of carbonyl (C=O) groups is 1. The first-order chi connectivity index (χ1) is 8.97. The first-order valence-corrected chi connectivity index (χ1v) is 5.99. The van der Waals surface area contributed by atoms with E-state index in [0.29, 0.717) is 0 Å². The number of rotatable bonds is 5. The quantitative estimate of drug-likeness (QED) is 0.836. The topological polar surface area (TPSA) is 78.6 Å². The molecule has 6 nitrogen and oxygen atoms in total. The average molecular weight is 263 g/mol. The lowest BCUT2D eigenvalue weighted by Gasteiger charge is -2.22. The van der Waals surface area contributed by atoms with Crippen LogP contribution >= 0.6 is 0 Å². The van der Waals surface area contributed by atoms with Gasteiger partial charge in [0, 0.05) is 26.3 Å². The van der Waals surface area contributed by atoms with Gasteiger partial charge in [0.15, 0.2) is 0 Å². The van der Waals surface area contributed by atoms with Gasteiger partial charge in [0.2, 0.25) is 0 Å². The van der Waals surface area contributed by atoms with Gasteiger partial charge >= 0.3 is 5.97 Å². The van der Waals surface area contributed by atoms with E-state index in [1.165, 1.54) is 0 Å². The van der Waals surface area contributed by atoms with Crippen LogP contribution in [0, 0.1) is 0 Å². The molecule has 1 unspecified atom stereocenters. The molecule has 0 fully saturated rings. The number of aliphatic hydroxyl groups excluding tert-OH is 1. The van der Waals surface area contributed by atoms with Crippen LogP contribution in [0.2, 0.25) is 0 Å². The molecule has 0 aliphatic rings. The predicted molar refractivity (Wildman–Crippen MR) is 72.2 cm³/mol. The smallest absolute Gasteiger partial charge is 0.306 e. The third-order valence-electron chi connectivity index (χ3n) is 3.04. The second-order valence-corrected chi connectivity index (χ2v) is 4.66. The van der Waals surface area contributed by atoms with Crippen LogP contribution in [0.1, 0.15) is 6.42 Å². The average Bonchev–Trinajstić information content (AvgIpc) is 2.69. The highest BCUT2D eigenvalue weighted by atomic mass is 16.4. The van der Waals surface area contributed by atoms with E-state index in [2.05, 4.69) is 4.98 Å². The lowest BCUT2D eigenvalue weighted by Crippen LogP contribution is -2.30. The zero-order chi connectivity index (χ0) is 14.0. The van der Waals surface area contributed by atoms with Gasteiger partial charge in [0.1, 0.15) is 0 Å². The Kier molecular flexibility index (Phi) is 3.71. The van der Waals surface area contributed by atoms with Crippen molar-refractivity contribution in [3.63, 3.8) is 0 Å². The van der Waals surface area contributed by atoms with Gasteiger partial charge in [-0.3, -0.25) is 4.79 Å². The van der Waals surface area contributed by atoms with Crippen molar-refractivity contribution in [1.29, 1.82) is 0 Å².